The van der Waals surface area contributed by atoms with Crippen LogP contribution in [0.15, 0.2) is 24.3 Å². The molecule has 0 aliphatic rings. The van der Waals surface area contributed by atoms with Gasteiger partial charge in [0.15, 0.2) is 0 Å². The number of fused-ring (bicyclic) bond motifs is 1. The van der Waals surface area contributed by atoms with Gasteiger partial charge in [-0.05, 0) is 12.1 Å². The molecule has 0 aliphatic heterocycles. The predicted octanol–water partition coefficient (Wildman–Crippen LogP) is 2.38. The van der Waals surface area contributed by atoms with Gasteiger partial charge in [-0.15, -0.1) is 0 Å². The van der Waals surface area contributed by atoms with Gasteiger partial charge in [0.05, 0.1) is 16.9 Å². The Morgan fingerprint density at radius 2 is 2.00 bits per heavy atom. The first-order valence-corrected chi connectivity index (χ1v) is 5.25. The van der Waals surface area contributed by atoms with Crippen molar-refractivity contribution in [2.24, 2.45) is 5.73 Å². The fourth-order valence-corrected chi connectivity index (χ4v) is 1.75. The summed E-state index contributed by atoms with van der Waals surface area (Å²) in [5.74, 6) is -1.11. The molecule has 0 aliphatic carbocycles. The first-order chi connectivity index (χ1) is 8.39. The average molecular weight is 256 g/mol. The number of aromatic nitrogens is 2. The molecule has 0 radical (unpaired) electrons. The van der Waals surface area contributed by atoms with E-state index in [0.29, 0.717) is 5.52 Å². The van der Waals surface area contributed by atoms with Gasteiger partial charge in [0, 0.05) is 13.0 Å². The molecule has 3 N–H and O–H groups in total. The van der Waals surface area contributed by atoms with Crippen molar-refractivity contribution in [2.45, 2.75) is 19.1 Å². The monoisotopic (exact) mass is 256 g/mol. The van der Waals surface area contributed by atoms with Crippen LogP contribution in [0.3, 0.4) is 0 Å². The number of hydrogen-bond donors (Lipinski definition) is 2. The second-order valence-corrected chi connectivity index (χ2v) is 3.85. The van der Waals surface area contributed by atoms with Gasteiger partial charge in [-0.2, -0.15) is 13.2 Å². The maximum absolute atomic E-state index is 12.8. The number of para-hydroxylation sites is 2. The molecule has 0 fully saturated rings. The zero-order valence-corrected chi connectivity index (χ0v) is 9.33. The minimum atomic E-state index is -4.52. The highest BCUT2D eigenvalue weighted by Crippen LogP contribution is 2.31. The van der Waals surface area contributed by atoms with Crippen LogP contribution in [0.1, 0.15) is 12.2 Å². The Kier molecular flexibility index (Phi) is 2.98. The van der Waals surface area contributed by atoms with Gasteiger partial charge >= 0.3 is 6.18 Å². The molecule has 0 unspecified atom stereocenters. The third-order valence-electron chi connectivity index (χ3n) is 2.51. The molecule has 0 saturated carbocycles. The fourth-order valence-electron chi connectivity index (χ4n) is 1.75. The van der Waals surface area contributed by atoms with Crippen LogP contribution < -0.4 is 5.73 Å². The zero-order chi connectivity index (χ0) is 13.3. The van der Waals surface area contributed by atoms with E-state index in [1.54, 1.807) is 18.2 Å². The Hall–Kier alpha value is -2.05. The highest BCUT2D eigenvalue weighted by molar-refractivity contribution is 5.78. The average Bonchev–Trinajstić information content (AvgIpc) is 2.64. The third-order valence-corrected chi connectivity index (χ3v) is 2.51. The van der Waals surface area contributed by atoms with Gasteiger partial charge in [0.2, 0.25) is 5.82 Å². The van der Waals surface area contributed by atoms with Crippen molar-refractivity contribution in [3.8, 4) is 0 Å². The number of imidazole rings is 1. The van der Waals surface area contributed by atoms with Gasteiger partial charge in [-0.3, -0.25) is 5.41 Å². The van der Waals surface area contributed by atoms with Gasteiger partial charge < -0.3 is 10.3 Å². The topological polar surface area (TPSA) is 67.7 Å². The smallest absolute Gasteiger partial charge is 0.388 e. The molecule has 4 nitrogen and oxygen atoms in total. The van der Waals surface area contributed by atoms with Crippen LogP contribution in [-0.2, 0) is 12.7 Å². The highest BCUT2D eigenvalue weighted by Gasteiger charge is 2.37. The molecule has 0 spiro atoms. The number of halogens is 3. The summed E-state index contributed by atoms with van der Waals surface area (Å²) in [4.78, 5) is 3.59. The van der Waals surface area contributed by atoms with Crippen molar-refractivity contribution in [3.05, 3.63) is 30.1 Å². The summed E-state index contributed by atoms with van der Waals surface area (Å²) < 4.78 is 39.6. The van der Waals surface area contributed by atoms with Crippen LogP contribution >= 0.6 is 0 Å². The van der Waals surface area contributed by atoms with E-state index in [2.05, 4.69) is 4.98 Å². The van der Waals surface area contributed by atoms with Crippen molar-refractivity contribution in [2.75, 3.05) is 0 Å². The summed E-state index contributed by atoms with van der Waals surface area (Å²) >= 11 is 0. The molecule has 7 heteroatoms. The lowest BCUT2D eigenvalue weighted by molar-refractivity contribution is -0.146. The summed E-state index contributed by atoms with van der Waals surface area (Å²) in [6, 6.07) is 6.37. The Morgan fingerprint density at radius 3 is 2.61 bits per heavy atom. The lowest BCUT2D eigenvalue weighted by Crippen LogP contribution is -2.18. The Labute approximate surface area is 101 Å². The van der Waals surface area contributed by atoms with E-state index in [1.807, 2.05) is 0 Å². The SMILES string of the molecule is N=C(N)CCn1c(C(F)(F)F)nc2ccccc21. The molecule has 0 bridgehead atoms. The minimum absolute atomic E-state index is 0.00924. The number of nitrogens with one attached hydrogen (secondary N) is 1. The van der Waals surface area contributed by atoms with Crippen LogP contribution in [0.5, 0.6) is 0 Å². The number of aryl methyl sites for hydroxylation is 1. The second-order valence-electron chi connectivity index (χ2n) is 3.85. The van der Waals surface area contributed by atoms with Crippen molar-refractivity contribution in [3.63, 3.8) is 0 Å². The van der Waals surface area contributed by atoms with Crippen LogP contribution in [0.2, 0.25) is 0 Å². The largest absolute Gasteiger partial charge is 0.449 e. The van der Waals surface area contributed by atoms with Crippen LogP contribution in [0, 0.1) is 5.41 Å². The van der Waals surface area contributed by atoms with Crippen LogP contribution in [0.25, 0.3) is 11.0 Å². The summed E-state index contributed by atoms with van der Waals surface area (Å²) in [6.07, 6.45) is -4.46. The number of nitrogens with two attached hydrogens (primary N) is 1. The number of hydrogen-bond acceptors (Lipinski definition) is 2. The van der Waals surface area contributed by atoms with E-state index in [9.17, 15) is 13.2 Å². The first kappa shape index (κ1) is 12.4. The molecule has 0 saturated heterocycles. The molecule has 0 amide bonds. The molecule has 2 rings (SSSR count). The normalized spacial score (nSPS) is 11.9. The molecular formula is C11H11F3N4. The Balaban J connectivity index is 2.54. The zero-order valence-electron chi connectivity index (χ0n) is 9.33. The molecule has 2 aromatic rings. The van der Waals surface area contributed by atoms with E-state index < -0.39 is 12.0 Å². The first-order valence-electron chi connectivity index (χ1n) is 5.25. The maximum atomic E-state index is 12.8. The third kappa shape index (κ3) is 2.29. The number of benzene rings is 1. The van der Waals surface area contributed by atoms with Crippen LogP contribution in [-0.4, -0.2) is 15.4 Å². The number of rotatable bonds is 3. The van der Waals surface area contributed by atoms with E-state index in [4.69, 9.17) is 11.1 Å². The van der Waals surface area contributed by atoms with E-state index in [1.165, 1.54) is 6.07 Å². The van der Waals surface area contributed by atoms with Crippen molar-refractivity contribution in [1.29, 1.82) is 5.41 Å². The van der Waals surface area contributed by atoms with Gasteiger partial charge in [0.1, 0.15) is 0 Å². The number of amidine groups is 1. The standard InChI is InChI=1S/C11H11F3N4/c12-11(13,14)10-17-7-3-1-2-4-8(7)18(10)6-5-9(15)16/h1-4H,5-6H2,(H3,15,16). The molecule has 1 heterocycles. The summed E-state index contributed by atoms with van der Waals surface area (Å²) in [7, 11) is 0. The lowest BCUT2D eigenvalue weighted by atomic mass is 10.3. The molecule has 1 aromatic heterocycles. The second kappa shape index (κ2) is 4.32. The summed E-state index contributed by atoms with van der Waals surface area (Å²) in [6.45, 7) is -0.00924. The molecular weight excluding hydrogens is 245 g/mol. The Bertz CT molecular complexity index is 585. The van der Waals surface area contributed by atoms with Gasteiger partial charge in [-0.1, -0.05) is 12.1 Å². The Morgan fingerprint density at radius 1 is 1.33 bits per heavy atom. The van der Waals surface area contributed by atoms with Gasteiger partial charge in [0.25, 0.3) is 0 Å². The highest BCUT2D eigenvalue weighted by atomic mass is 19.4. The molecule has 96 valence electrons. The maximum Gasteiger partial charge on any atom is 0.449 e. The fraction of sp³-hybridized carbons (Fsp3) is 0.273. The predicted molar refractivity (Wildman–Crippen MR) is 61.3 cm³/mol. The van der Waals surface area contributed by atoms with E-state index in [0.717, 1.165) is 4.57 Å². The summed E-state index contributed by atoms with van der Waals surface area (Å²) in [5, 5.41) is 7.09. The van der Waals surface area contributed by atoms with Crippen molar-refractivity contribution in [1.82, 2.24) is 9.55 Å². The van der Waals surface area contributed by atoms with E-state index in [-0.39, 0.29) is 24.3 Å². The minimum Gasteiger partial charge on any atom is -0.388 e. The van der Waals surface area contributed by atoms with Crippen molar-refractivity contribution < 1.29 is 13.2 Å². The molecule has 18 heavy (non-hydrogen) atoms. The number of nitrogens with zero attached hydrogens (tertiary/aromatic N) is 2. The molecule has 1 aromatic carbocycles. The molecule has 0 atom stereocenters. The van der Waals surface area contributed by atoms with Crippen LogP contribution in [0.4, 0.5) is 13.2 Å². The number of alkyl halides is 3. The van der Waals surface area contributed by atoms with Gasteiger partial charge in [-0.25, -0.2) is 4.98 Å². The lowest BCUT2D eigenvalue weighted by Gasteiger charge is -2.10. The van der Waals surface area contributed by atoms with Crippen molar-refractivity contribution >= 4 is 16.9 Å². The quantitative estimate of drug-likeness (QED) is 0.654. The van der Waals surface area contributed by atoms with E-state index >= 15 is 0 Å². The summed E-state index contributed by atoms with van der Waals surface area (Å²) in [5.41, 5.74) is 5.86.